The van der Waals surface area contributed by atoms with Gasteiger partial charge in [-0.05, 0) is 16.4 Å². The van der Waals surface area contributed by atoms with Crippen molar-refractivity contribution in [1.82, 2.24) is 0 Å². The van der Waals surface area contributed by atoms with Gasteiger partial charge in [0.25, 0.3) is 0 Å². The van der Waals surface area contributed by atoms with Gasteiger partial charge in [-0.15, -0.1) is 15.3 Å². The van der Waals surface area contributed by atoms with Crippen LogP contribution in [0.25, 0.3) is 0 Å². The fourth-order valence-corrected chi connectivity index (χ4v) is 8.52. The van der Waals surface area contributed by atoms with Crippen LogP contribution >= 0.6 is 15.3 Å². The molecule has 0 aliphatic rings. The third kappa shape index (κ3) is 3.75. The first-order chi connectivity index (χ1) is 4.69. The van der Waals surface area contributed by atoms with Crippen LogP contribution in [0.1, 0.15) is 41.5 Å². The SMILES string of the molecule is CC(C)(C)C([SiH2]Br)C(C)(C)C. The van der Waals surface area contributed by atoms with Crippen molar-refractivity contribution in [2.45, 2.75) is 47.1 Å². The average Bonchev–Trinajstić information content (AvgIpc) is 1.56. The Balaban J connectivity index is 4.43. The van der Waals surface area contributed by atoms with Gasteiger partial charge in [0.05, 0.1) is 0 Å². The molecule has 0 saturated heterocycles. The molecule has 11 heavy (non-hydrogen) atoms. The van der Waals surface area contributed by atoms with E-state index in [4.69, 9.17) is 0 Å². The van der Waals surface area contributed by atoms with Gasteiger partial charge >= 0.3 is 0 Å². The van der Waals surface area contributed by atoms with Crippen molar-refractivity contribution in [3.05, 3.63) is 0 Å². The highest BCUT2D eigenvalue weighted by Gasteiger charge is 2.33. The minimum absolute atomic E-state index is 0.0679. The predicted octanol–water partition coefficient (Wildman–Crippen LogP) is 3.35. The minimum atomic E-state index is -0.0679. The lowest BCUT2D eigenvalue weighted by Gasteiger charge is -2.39. The monoisotopic (exact) mass is 236 g/mol. The van der Waals surface area contributed by atoms with Gasteiger partial charge in [-0.1, -0.05) is 41.5 Å². The Bertz CT molecular complexity index is 105. The third-order valence-corrected chi connectivity index (χ3v) is 6.95. The molecule has 0 amide bonds. The number of rotatable bonds is 1. The van der Waals surface area contributed by atoms with Crippen LogP contribution in [0, 0.1) is 10.8 Å². The number of hydrogen-bond donors (Lipinski definition) is 0. The van der Waals surface area contributed by atoms with Crippen molar-refractivity contribution in [2.24, 2.45) is 10.8 Å². The lowest BCUT2D eigenvalue weighted by atomic mass is 9.77. The van der Waals surface area contributed by atoms with Gasteiger partial charge in [-0.2, -0.15) is 0 Å². The summed E-state index contributed by atoms with van der Waals surface area (Å²) in [4.78, 5) is 0. The van der Waals surface area contributed by atoms with Crippen molar-refractivity contribution in [2.75, 3.05) is 0 Å². The van der Waals surface area contributed by atoms with Crippen molar-refractivity contribution >= 4 is 23.4 Å². The molecular weight excluding hydrogens is 216 g/mol. The molecule has 0 spiro atoms. The maximum absolute atomic E-state index is 3.73. The lowest BCUT2D eigenvalue weighted by molar-refractivity contribution is 0.234. The molecule has 0 saturated carbocycles. The summed E-state index contributed by atoms with van der Waals surface area (Å²) in [5, 5.41) is 0. The third-order valence-electron chi connectivity index (χ3n) is 2.25. The Kier molecular flexibility index (Phi) is 3.84. The first-order valence-corrected chi connectivity index (χ1v) is 8.97. The maximum atomic E-state index is 3.73. The Morgan fingerprint density at radius 2 is 1.18 bits per heavy atom. The normalized spacial score (nSPS) is 15.3. The quantitative estimate of drug-likeness (QED) is 0.484. The summed E-state index contributed by atoms with van der Waals surface area (Å²) in [6.07, 6.45) is 0. The standard InChI is InChI=1S/C9H21BrSi/c1-8(2,3)7(11-10)9(4,5)6/h7H,11H2,1-6H3. The van der Waals surface area contributed by atoms with Gasteiger partial charge in [-0.3, -0.25) is 0 Å². The Labute approximate surface area is 81.5 Å². The second-order valence-corrected chi connectivity index (χ2v) is 8.51. The average molecular weight is 237 g/mol. The van der Waals surface area contributed by atoms with Crippen LogP contribution in [0.3, 0.4) is 0 Å². The van der Waals surface area contributed by atoms with Gasteiger partial charge in [0.2, 0.25) is 0 Å². The van der Waals surface area contributed by atoms with Crippen LogP contribution in [-0.4, -0.2) is 8.14 Å². The molecule has 0 fully saturated rings. The molecule has 0 aliphatic heterocycles. The van der Waals surface area contributed by atoms with Crippen molar-refractivity contribution in [1.29, 1.82) is 0 Å². The molecule has 0 rings (SSSR count). The van der Waals surface area contributed by atoms with E-state index in [0.29, 0.717) is 10.8 Å². The molecule has 0 aromatic rings. The second kappa shape index (κ2) is 3.61. The fourth-order valence-electron chi connectivity index (χ4n) is 1.76. The Hall–Kier alpha value is 0.697. The van der Waals surface area contributed by atoms with E-state index in [2.05, 4.69) is 56.8 Å². The molecule has 0 aliphatic carbocycles. The molecule has 0 unspecified atom stereocenters. The molecule has 0 aromatic carbocycles. The highest BCUT2D eigenvalue weighted by molar-refractivity contribution is 9.23. The van der Waals surface area contributed by atoms with Crippen molar-refractivity contribution in [3.8, 4) is 0 Å². The van der Waals surface area contributed by atoms with E-state index in [1.807, 2.05) is 0 Å². The topological polar surface area (TPSA) is 0 Å². The highest BCUT2D eigenvalue weighted by atomic mass is 79.9. The molecule has 0 bridgehead atoms. The summed E-state index contributed by atoms with van der Waals surface area (Å²) in [7, 11) is -0.0679. The van der Waals surface area contributed by atoms with Crippen LogP contribution in [0.2, 0.25) is 5.54 Å². The van der Waals surface area contributed by atoms with E-state index < -0.39 is 0 Å². The first-order valence-electron chi connectivity index (χ1n) is 4.25. The fraction of sp³-hybridized carbons (Fsp3) is 1.00. The van der Waals surface area contributed by atoms with Crippen LogP contribution < -0.4 is 0 Å². The smallest absolute Gasteiger partial charge is 0.103 e. The van der Waals surface area contributed by atoms with E-state index in [-0.39, 0.29) is 8.14 Å². The Morgan fingerprint density at radius 1 is 0.909 bits per heavy atom. The van der Waals surface area contributed by atoms with Gasteiger partial charge in [0.1, 0.15) is 8.14 Å². The van der Waals surface area contributed by atoms with Gasteiger partial charge in [-0.25, -0.2) is 0 Å². The zero-order valence-electron chi connectivity index (χ0n) is 8.66. The number of hydrogen-bond acceptors (Lipinski definition) is 0. The molecule has 0 radical (unpaired) electrons. The summed E-state index contributed by atoms with van der Waals surface area (Å²) >= 11 is 3.73. The zero-order chi connectivity index (χ0) is 9.28. The maximum Gasteiger partial charge on any atom is 0.103 e. The summed E-state index contributed by atoms with van der Waals surface area (Å²) in [5.74, 6) is 0. The van der Waals surface area contributed by atoms with Crippen molar-refractivity contribution in [3.63, 3.8) is 0 Å². The highest BCUT2D eigenvalue weighted by Crippen LogP contribution is 2.44. The molecule has 0 nitrogen and oxygen atoms in total. The van der Waals surface area contributed by atoms with E-state index >= 15 is 0 Å². The van der Waals surface area contributed by atoms with E-state index in [1.54, 1.807) is 0 Å². The first kappa shape index (κ1) is 11.7. The number of halogens is 1. The van der Waals surface area contributed by atoms with Gasteiger partial charge in [0.15, 0.2) is 0 Å². The van der Waals surface area contributed by atoms with Gasteiger partial charge in [0, 0.05) is 0 Å². The van der Waals surface area contributed by atoms with Crippen LogP contribution in [0.15, 0.2) is 0 Å². The van der Waals surface area contributed by atoms with E-state index in [1.165, 1.54) is 0 Å². The van der Waals surface area contributed by atoms with Crippen LogP contribution in [0.4, 0.5) is 0 Å². The second-order valence-electron chi connectivity index (χ2n) is 5.44. The Morgan fingerprint density at radius 3 is 1.18 bits per heavy atom. The molecule has 0 heterocycles. The summed E-state index contributed by atoms with van der Waals surface area (Å²) in [6.45, 7) is 14.1. The lowest BCUT2D eigenvalue weighted by Crippen LogP contribution is -2.29. The van der Waals surface area contributed by atoms with Crippen LogP contribution in [-0.2, 0) is 0 Å². The molecule has 68 valence electrons. The largest absolute Gasteiger partial charge is 0.135 e. The molecular formula is C9H21BrSi. The van der Waals surface area contributed by atoms with Crippen molar-refractivity contribution < 1.29 is 0 Å². The van der Waals surface area contributed by atoms with Gasteiger partial charge < -0.3 is 0 Å². The molecule has 0 N–H and O–H groups in total. The summed E-state index contributed by atoms with van der Waals surface area (Å²) in [5.41, 5.74) is 1.80. The zero-order valence-corrected chi connectivity index (χ0v) is 11.7. The van der Waals surface area contributed by atoms with E-state index in [9.17, 15) is 0 Å². The summed E-state index contributed by atoms with van der Waals surface area (Å²) in [6, 6.07) is 0. The molecule has 0 aromatic heterocycles. The molecule has 2 heteroatoms. The molecule has 0 atom stereocenters. The summed E-state index contributed by atoms with van der Waals surface area (Å²) < 4.78 is 0. The van der Waals surface area contributed by atoms with Crippen LogP contribution in [0.5, 0.6) is 0 Å². The predicted molar refractivity (Wildman–Crippen MR) is 60.1 cm³/mol. The van der Waals surface area contributed by atoms with E-state index in [0.717, 1.165) is 5.54 Å². The minimum Gasteiger partial charge on any atom is -0.135 e.